The Morgan fingerprint density at radius 1 is 1.27 bits per heavy atom. The first-order chi connectivity index (χ1) is 10.7. The molecule has 1 fully saturated rings. The lowest BCUT2D eigenvalue weighted by molar-refractivity contribution is 0.191. The third kappa shape index (κ3) is 4.67. The number of aromatic nitrogens is 1. The zero-order chi connectivity index (χ0) is 15.4. The molecule has 3 nitrogen and oxygen atoms in total. The van der Waals surface area contributed by atoms with Crippen LogP contribution in [0, 0.1) is 0 Å². The largest absolute Gasteiger partial charge is 0.310 e. The van der Waals surface area contributed by atoms with E-state index in [0.717, 1.165) is 31.2 Å². The molecule has 0 atom stereocenters. The summed E-state index contributed by atoms with van der Waals surface area (Å²) < 4.78 is 0.632. The van der Waals surface area contributed by atoms with Gasteiger partial charge >= 0.3 is 0 Å². The van der Waals surface area contributed by atoms with E-state index in [2.05, 4.69) is 21.3 Å². The van der Waals surface area contributed by atoms with Crippen molar-refractivity contribution in [1.29, 1.82) is 0 Å². The number of benzene rings is 1. The first-order valence-electron chi connectivity index (χ1n) is 7.49. The van der Waals surface area contributed by atoms with Crippen LogP contribution in [0.3, 0.4) is 0 Å². The first kappa shape index (κ1) is 16.2. The predicted molar refractivity (Wildman–Crippen MR) is 93.7 cm³/mol. The van der Waals surface area contributed by atoms with Crippen LogP contribution in [-0.4, -0.2) is 29.0 Å². The molecule has 0 aliphatic carbocycles. The maximum atomic E-state index is 6.02. The lowest BCUT2D eigenvalue weighted by Gasteiger charge is -2.32. The van der Waals surface area contributed by atoms with Crippen LogP contribution in [0.2, 0.25) is 9.49 Å². The second kappa shape index (κ2) is 7.75. The third-order valence-corrected chi connectivity index (χ3v) is 5.31. The quantitative estimate of drug-likeness (QED) is 0.870. The van der Waals surface area contributed by atoms with Gasteiger partial charge in [0.1, 0.15) is 0 Å². The number of piperidine rings is 1. The van der Waals surface area contributed by atoms with E-state index in [-0.39, 0.29) is 0 Å². The minimum atomic E-state index is 0.584. The van der Waals surface area contributed by atoms with Crippen molar-refractivity contribution in [2.75, 3.05) is 13.1 Å². The van der Waals surface area contributed by atoms with E-state index in [0.29, 0.717) is 10.5 Å². The fourth-order valence-electron chi connectivity index (χ4n) is 2.78. The smallest absolute Gasteiger partial charge is 0.183 e. The van der Waals surface area contributed by atoms with Gasteiger partial charge in [0.05, 0.1) is 0 Å². The van der Waals surface area contributed by atoms with Gasteiger partial charge in [-0.15, -0.1) is 11.3 Å². The highest BCUT2D eigenvalue weighted by molar-refractivity contribution is 7.15. The molecule has 3 rings (SSSR count). The van der Waals surface area contributed by atoms with E-state index in [1.165, 1.54) is 23.3 Å². The standard InChI is InChI=1S/C16H19Cl2N3S/c17-13-3-1-2-12(8-13)9-19-14-4-6-21(7-5-14)11-15-10-20-16(18)22-15/h1-3,8,10,14,19H,4-7,9,11H2. The molecule has 118 valence electrons. The maximum absolute atomic E-state index is 6.02. The van der Waals surface area contributed by atoms with Gasteiger partial charge in [-0.05, 0) is 30.5 Å². The summed E-state index contributed by atoms with van der Waals surface area (Å²) in [5, 5.41) is 4.44. The van der Waals surface area contributed by atoms with Gasteiger partial charge in [0, 0.05) is 48.3 Å². The maximum Gasteiger partial charge on any atom is 0.183 e. The van der Waals surface area contributed by atoms with E-state index in [4.69, 9.17) is 23.2 Å². The van der Waals surface area contributed by atoms with Crippen LogP contribution < -0.4 is 5.32 Å². The van der Waals surface area contributed by atoms with Crippen LogP contribution in [0.1, 0.15) is 23.3 Å². The molecule has 1 N–H and O–H groups in total. The van der Waals surface area contributed by atoms with Crippen molar-refractivity contribution < 1.29 is 0 Å². The molecule has 2 aromatic rings. The Balaban J connectivity index is 1.42. The average molecular weight is 356 g/mol. The predicted octanol–water partition coefficient (Wildman–Crippen LogP) is 4.20. The van der Waals surface area contributed by atoms with Crippen LogP contribution in [0.25, 0.3) is 0 Å². The molecular formula is C16H19Cl2N3S. The molecule has 1 aliphatic heterocycles. The number of thiazole rings is 1. The van der Waals surface area contributed by atoms with Crippen molar-refractivity contribution in [1.82, 2.24) is 15.2 Å². The number of rotatable bonds is 5. The molecule has 0 amide bonds. The summed E-state index contributed by atoms with van der Waals surface area (Å²) in [6.45, 7) is 4.08. The van der Waals surface area contributed by atoms with Crippen LogP contribution in [0.4, 0.5) is 0 Å². The summed E-state index contributed by atoms with van der Waals surface area (Å²) in [5.74, 6) is 0. The lowest BCUT2D eigenvalue weighted by Crippen LogP contribution is -2.41. The monoisotopic (exact) mass is 355 g/mol. The molecule has 1 aromatic heterocycles. The first-order valence-corrected chi connectivity index (χ1v) is 9.07. The SMILES string of the molecule is Clc1cccc(CNC2CCN(Cc3cnc(Cl)s3)CC2)c1. The van der Waals surface area contributed by atoms with Crippen LogP contribution >= 0.6 is 34.5 Å². The molecule has 2 heterocycles. The molecule has 1 saturated heterocycles. The Morgan fingerprint density at radius 3 is 2.77 bits per heavy atom. The Labute approximate surface area is 145 Å². The number of likely N-dealkylation sites (tertiary alicyclic amines) is 1. The van der Waals surface area contributed by atoms with Crippen LogP contribution in [0.5, 0.6) is 0 Å². The van der Waals surface area contributed by atoms with Gasteiger partial charge in [0.2, 0.25) is 0 Å². The molecule has 6 heteroatoms. The number of halogens is 2. The van der Waals surface area contributed by atoms with Gasteiger partial charge in [-0.25, -0.2) is 4.98 Å². The second-order valence-corrected chi connectivity index (χ2v) is 7.77. The number of nitrogens with zero attached hydrogens (tertiary/aromatic N) is 2. The van der Waals surface area contributed by atoms with E-state index >= 15 is 0 Å². The topological polar surface area (TPSA) is 28.2 Å². The highest BCUT2D eigenvalue weighted by Crippen LogP contribution is 2.21. The molecular weight excluding hydrogens is 337 g/mol. The number of hydrogen-bond donors (Lipinski definition) is 1. The van der Waals surface area contributed by atoms with Gasteiger partial charge in [-0.2, -0.15) is 0 Å². The Bertz CT molecular complexity index is 609. The van der Waals surface area contributed by atoms with Gasteiger partial charge in [-0.1, -0.05) is 35.3 Å². The van der Waals surface area contributed by atoms with Gasteiger partial charge in [0.15, 0.2) is 4.47 Å². The minimum absolute atomic E-state index is 0.584. The van der Waals surface area contributed by atoms with Crippen LogP contribution in [0.15, 0.2) is 30.5 Å². The van der Waals surface area contributed by atoms with Crippen molar-refractivity contribution in [2.24, 2.45) is 0 Å². The van der Waals surface area contributed by atoms with E-state index < -0.39 is 0 Å². The number of hydrogen-bond acceptors (Lipinski definition) is 4. The van der Waals surface area contributed by atoms with Crippen molar-refractivity contribution in [2.45, 2.75) is 32.0 Å². The molecule has 0 radical (unpaired) electrons. The van der Waals surface area contributed by atoms with Crippen molar-refractivity contribution in [3.63, 3.8) is 0 Å². The summed E-state index contributed by atoms with van der Waals surface area (Å²) in [6.07, 6.45) is 4.23. The van der Waals surface area contributed by atoms with E-state index in [1.807, 2.05) is 24.4 Å². The molecule has 1 aliphatic rings. The Hall–Kier alpha value is -0.650. The Kier molecular flexibility index (Phi) is 5.71. The highest BCUT2D eigenvalue weighted by Gasteiger charge is 2.19. The van der Waals surface area contributed by atoms with Gasteiger partial charge in [0.25, 0.3) is 0 Å². The molecule has 0 bridgehead atoms. The fourth-order valence-corrected chi connectivity index (χ4v) is 4.01. The van der Waals surface area contributed by atoms with E-state index in [1.54, 1.807) is 11.3 Å². The second-order valence-electron chi connectivity index (χ2n) is 5.64. The van der Waals surface area contributed by atoms with Gasteiger partial charge < -0.3 is 5.32 Å². The normalized spacial score (nSPS) is 17.0. The van der Waals surface area contributed by atoms with Gasteiger partial charge in [-0.3, -0.25) is 4.90 Å². The summed E-state index contributed by atoms with van der Waals surface area (Å²) >= 11 is 13.5. The average Bonchev–Trinajstić information content (AvgIpc) is 2.92. The van der Waals surface area contributed by atoms with E-state index in [9.17, 15) is 0 Å². The Morgan fingerprint density at radius 2 is 2.09 bits per heavy atom. The van der Waals surface area contributed by atoms with Crippen molar-refractivity contribution >= 4 is 34.5 Å². The summed E-state index contributed by atoms with van der Waals surface area (Å²) in [7, 11) is 0. The van der Waals surface area contributed by atoms with Crippen molar-refractivity contribution in [3.05, 3.63) is 50.4 Å². The summed E-state index contributed by atoms with van der Waals surface area (Å²) in [5.41, 5.74) is 1.24. The lowest BCUT2D eigenvalue weighted by atomic mass is 10.0. The number of nitrogens with one attached hydrogen (secondary N) is 1. The summed E-state index contributed by atoms with van der Waals surface area (Å²) in [4.78, 5) is 7.82. The molecule has 22 heavy (non-hydrogen) atoms. The molecule has 0 unspecified atom stereocenters. The fraction of sp³-hybridized carbons (Fsp3) is 0.438. The van der Waals surface area contributed by atoms with Crippen LogP contribution in [-0.2, 0) is 13.1 Å². The minimum Gasteiger partial charge on any atom is -0.310 e. The molecule has 1 aromatic carbocycles. The molecule has 0 spiro atoms. The molecule has 0 saturated carbocycles. The van der Waals surface area contributed by atoms with Crippen molar-refractivity contribution in [3.8, 4) is 0 Å². The zero-order valence-electron chi connectivity index (χ0n) is 12.3. The third-order valence-electron chi connectivity index (χ3n) is 3.98. The summed E-state index contributed by atoms with van der Waals surface area (Å²) in [6, 6.07) is 8.64. The zero-order valence-corrected chi connectivity index (χ0v) is 14.6. The highest BCUT2D eigenvalue weighted by atomic mass is 35.5.